The van der Waals surface area contributed by atoms with Crippen molar-refractivity contribution in [3.8, 4) is 5.75 Å². The van der Waals surface area contributed by atoms with Gasteiger partial charge in [0.1, 0.15) is 24.1 Å². The quantitative estimate of drug-likeness (QED) is 0.756. The molecule has 0 bridgehead atoms. The molecule has 1 heterocycles. The summed E-state index contributed by atoms with van der Waals surface area (Å²) in [5.74, 6) is 0.449. The van der Waals surface area contributed by atoms with Crippen molar-refractivity contribution in [1.82, 2.24) is 10.3 Å². The molecule has 1 fully saturated rings. The van der Waals surface area contributed by atoms with E-state index in [9.17, 15) is 15.0 Å². The molecule has 0 saturated heterocycles. The Labute approximate surface area is 146 Å². The molecule has 1 amide bonds. The summed E-state index contributed by atoms with van der Waals surface area (Å²) in [6.07, 6.45) is 1.93. The SMILES string of the molecule is O=C(Cc1cccnc1)N[C@@H]1CC[C@@H](Oc2ccccc2)[C@@H](O)[C@@H]1O. The number of aliphatic hydroxyl groups excluding tert-OH is 2. The third kappa shape index (κ3) is 4.55. The molecule has 3 N–H and O–H groups in total. The smallest absolute Gasteiger partial charge is 0.224 e. The van der Waals surface area contributed by atoms with Crippen LogP contribution in [0.25, 0.3) is 0 Å². The minimum Gasteiger partial charge on any atom is -0.488 e. The number of carbonyl (C=O) groups excluding carboxylic acids is 1. The molecule has 6 heteroatoms. The van der Waals surface area contributed by atoms with Crippen LogP contribution in [0.4, 0.5) is 0 Å². The monoisotopic (exact) mass is 342 g/mol. The first kappa shape index (κ1) is 17.4. The Balaban J connectivity index is 1.54. The van der Waals surface area contributed by atoms with Gasteiger partial charge in [0.05, 0.1) is 12.5 Å². The van der Waals surface area contributed by atoms with Crippen LogP contribution in [0.5, 0.6) is 5.75 Å². The molecule has 2 aromatic rings. The summed E-state index contributed by atoms with van der Waals surface area (Å²) < 4.78 is 5.76. The molecule has 1 aromatic carbocycles. The van der Waals surface area contributed by atoms with Gasteiger partial charge in [-0.2, -0.15) is 0 Å². The van der Waals surface area contributed by atoms with Gasteiger partial charge in [-0.25, -0.2) is 0 Å². The van der Waals surface area contributed by atoms with E-state index in [1.807, 2.05) is 24.3 Å². The predicted molar refractivity (Wildman–Crippen MR) is 92.0 cm³/mol. The standard InChI is InChI=1S/C19H22N2O4/c22-17(11-13-5-4-10-20-12-13)21-15-8-9-16(19(24)18(15)23)25-14-6-2-1-3-7-14/h1-7,10,12,15-16,18-19,23-24H,8-9,11H2,(H,21,22)/t15-,16-,18-,19-/m1/s1. The second kappa shape index (κ2) is 8.09. The number of carbonyl (C=O) groups is 1. The molecular weight excluding hydrogens is 320 g/mol. The minimum atomic E-state index is -1.07. The van der Waals surface area contributed by atoms with Gasteiger partial charge in [0.2, 0.25) is 5.91 Å². The third-order valence-corrected chi connectivity index (χ3v) is 4.37. The first-order chi connectivity index (χ1) is 12.1. The second-order valence-corrected chi connectivity index (χ2v) is 6.24. The fourth-order valence-electron chi connectivity index (χ4n) is 3.05. The first-order valence-corrected chi connectivity index (χ1v) is 8.39. The maximum absolute atomic E-state index is 12.1. The van der Waals surface area contributed by atoms with Gasteiger partial charge in [-0.3, -0.25) is 9.78 Å². The largest absolute Gasteiger partial charge is 0.488 e. The average Bonchev–Trinajstić information content (AvgIpc) is 2.63. The average molecular weight is 342 g/mol. The van der Waals surface area contributed by atoms with Crippen molar-refractivity contribution in [2.24, 2.45) is 0 Å². The highest BCUT2D eigenvalue weighted by Crippen LogP contribution is 2.25. The Kier molecular flexibility index (Phi) is 5.63. The molecule has 0 unspecified atom stereocenters. The number of benzene rings is 1. The van der Waals surface area contributed by atoms with E-state index in [0.717, 1.165) is 5.56 Å². The maximum Gasteiger partial charge on any atom is 0.224 e. The summed E-state index contributed by atoms with van der Waals surface area (Å²) in [6, 6.07) is 12.3. The molecule has 1 aromatic heterocycles. The molecule has 0 radical (unpaired) electrons. The van der Waals surface area contributed by atoms with Crippen LogP contribution < -0.4 is 10.1 Å². The number of rotatable bonds is 5. The van der Waals surface area contributed by atoms with Crippen LogP contribution in [-0.4, -0.2) is 45.5 Å². The van der Waals surface area contributed by atoms with E-state index in [0.29, 0.717) is 18.6 Å². The zero-order chi connectivity index (χ0) is 17.6. The van der Waals surface area contributed by atoms with Crippen molar-refractivity contribution in [2.75, 3.05) is 0 Å². The minimum absolute atomic E-state index is 0.192. The van der Waals surface area contributed by atoms with Crippen LogP contribution in [-0.2, 0) is 11.2 Å². The molecule has 6 nitrogen and oxygen atoms in total. The van der Waals surface area contributed by atoms with E-state index in [1.54, 1.807) is 30.6 Å². The van der Waals surface area contributed by atoms with Crippen LogP contribution in [0, 0.1) is 0 Å². The lowest BCUT2D eigenvalue weighted by Crippen LogP contribution is -2.57. The summed E-state index contributed by atoms with van der Waals surface area (Å²) in [5.41, 5.74) is 0.802. The fourth-order valence-corrected chi connectivity index (χ4v) is 3.05. The number of hydrogen-bond acceptors (Lipinski definition) is 5. The molecule has 4 atom stereocenters. The van der Waals surface area contributed by atoms with Crippen LogP contribution in [0.2, 0.25) is 0 Å². The Morgan fingerprint density at radius 1 is 1.12 bits per heavy atom. The van der Waals surface area contributed by atoms with Crippen LogP contribution in [0.3, 0.4) is 0 Å². The first-order valence-electron chi connectivity index (χ1n) is 8.39. The van der Waals surface area contributed by atoms with Crippen molar-refractivity contribution < 1.29 is 19.7 Å². The molecule has 0 spiro atoms. The summed E-state index contributed by atoms with van der Waals surface area (Å²) in [5, 5.41) is 23.5. The molecule has 1 aliphatic carbocycles. The molecule has 1 saturated carbocycles. The second-order valence-electron chi connectivity index (χ2n) is 6.24. The summed E-state index contributed by atoms with van der Waals surface area (Å²) in [6.45, 7) is 0. The van der Waals surface area contributed by atoms with Gasteiger partial charge >= 0.3 is 0 Å². The van der Waals surface area contributed by atoms with Crippen molar-refractivity contribution >= 4 is 5.91 Å². The van der Waals surface area contributed by atoms with Gasteiger partial charge in [-0.1, -0.05) is 24.3 Å². The summed E-state index contributed by atoms with van der Waals surface area (Å²) in [7, 11) is 0. The van der Waals surface area contributed by atoms with Crippen molar-refractivity contribution in [2.45, 2.75) is 43.6 Å². The lowest BCUT2D eigenvalue weighted by Gasteiger charge is -2.37. The number of nitrogens with one attached hydrogen (secondary N) is 1. The van der Waals surface area contributed by atoms with E-state index in [4.69, 9.17) is 4.74 Å². The number of ether oxygens (including phenoxy) is 1. The number of pyridine rings is 1. The Morgan fingerprint density at radius 3 is 2.64 bits per heavy atom. The van der Waals surface area contributed by atoms with Crippen molar-refractivity contribution in [3.63, 3.8) is 0 Å². The van der Waals surface area contributed by atoms with Crippen molar-refractivity contribution in [3.05, 3.63) is 60.4 Å². The number of aromatic nitrogens is 1. The van der Waals surface area contributed by atoms with Crippen molar-refractivity contribution in [1.29, 1.82) is 0 Å². The Bertz CT molecular complexity index is 680. The van der Waals surface area contributed by atoms with E-state index in [1.165, 1.54) is 0 Å². The topological polar surface area (TPSA) is 91.7 Å². The van der Waals surface area contributed by atoms with E-state index < -0.39 is 24.4 Å². The molecule has 0 aliphatic heterocycles. The summed E-state index contributed by atoms with van der Waals surface area (Å²) >= 11 is 0. The summed E-state index contributed by atoms with van der Waals surface area (Å²) in [4.78, 5) is 16.1. The third-order valence-electron chi connectivity index (χ3n) is 4.37. The predicted octanol–water partition coefficient (Wildman–Crippen LogP) is 1.07. The highest BCUT2D eigenvalue weighted by Gasteiger charge is 2.39. The zero-order valence-electron chi connectivity index (χ0n) is 13.8. The highest BCUT2D eigenvalue weighted by atomic mass is 16.5. The van der Waals surface area contributed by atoms with Gasteiger partial charge in [-0.05, 0) is 36.6 Å². The lowest BCUT2D eigenvalue weighted by molar-refractivity contribution is -0.126. The molecule has 3 rings (SSSR count). The number of para-hydroxylation sites is 1. The van der Waals surface area contributed by atoms with E-state index in [-0.39, 0.29) is 12.3 Å². The fraction of sp³-hybridized carbons (Fsp3) is 0.368. The van der Waals surface area contributed by atoms with E-state index in [2.05, 4.69) is 10.3 Å². The zero-order valence-corrected chi connectivity index (χ0v) is 13.8. The molecule has 1 aliphatic rings. The normalized spacial score (nSPS) is 26.0. The van der Waals surface area contributed by atoms with Crippen LogP contribution in [0.15, 0.2) is 54.9 Å². The van der Waals surface area contributed by atoms with Gasteiger partial charge in [0, 0.05) is 12.4 Å². The van der Waals surface area contributed by atoms with Crippen LogP contribution in [0.1, 0.15) is 18.4 Å². The molecule has 132 valence electrons. The van der Waals surface area contributed by atoms with Gasteiger partial charge < -0.3 is 20.3 Å². The Morgan fingerprint density at radius 2 is 1.92 bits per heavy atom. The van der Waals surface area contributed by atoms with Gasteiger partial charge in [-0.15, -0.1) is 0 Å². The molecule has 25 heavy (non-hydrogen) atoms. The van der Waals surface area contributed by atoms with Gasteiger partial charge in [0.25, 0.3) is 0 Å². The number of hydrogen-bond donors (Lipinski definition) is 3. The number of nitrogens with zero attached hydrogens (tertiary/aromatic N) is 1. The van der Waals surface area contributed by atoms with Crippen LogP contribution >= 0.6 is 0 Å². The lowest BCUT2D eigenvalue weighted by atomic mass is 9.87. The number of amides is 1. The van der Waals surface area contributed by atoms with Gasteiger partial charge in [0.15, 0.2) is 0 Å². The maximum atomic E-state index is 12.1. The number of aliphatic hydroxyl groups is 2. The Hall–Kier alpha value is -2.44. The van der Waals surface area contributed by atoms with E-state index >= 15 is 0 Å². The molecular formula is C19H22N2O4. The highest BCUT2D eigenvalue weighted by molar-refractivity contribution is 5.78.